The van der Waals surface area contributed by atoms with Crippen LogP contribution in [-0.2, 0) is 4.74 Å². The van der Waals surface area contributed by atoms with Gasteiger partial charge in [-0.25, -0.2) is 4.98 Å². The lowest BCUT2D eigenvalue weighted by atomic mass is 10.1. The van der Waals surface area contributed by atoms with E-state index >= 15 is 0 Å². The van der Waals surface area contributed by atoms with Gasteiger partial charge < -0.3 is 14.7 Å². The second-order valence-corrected chi connectivity index (χ2v) is 6.14. The fraction of sp³-hybridized carbons (Fsp3) is 0.389. The van der Waals surface area contributed by atoms with E-state index < -0.39 is 0 Å². The highest BCUT2D eigenvalue weighted by Gasteiger charge is 2.23. The van der Waals surface area contributed by atoms with Crippen LogP contribution in [0, 0.1) is 0 Å². The van der Waals surface area contributed by atoms with Gasteiger partial charge in [-0.3, -0.25) is 0 Å². The van der Waals surface area contributed by atoms with Crippen LogP contribution in [0.4, 0.5) is 5.82 Å². The summed E-state index contributed by atoms with van der Waals surface area (Å²) in [5, 5.41) is 13.3. The van der Waals surface area contributed by atoms with Crippen LogP contribution in [0.3, 0.4) is 0 Å². The number of aliphatic hydroxyl groups excluding tert-OH is 1. The molecule has 1 aliphatic heterocycles. The smallest absolute Gasteiger partial charge is 0.254 e. The lowest BCUT2D eigenvalue weighted by Gasteiger charge is -2.34. The largest absolute Gasteiger partial charge is 0.394 e. The maximum Gasteiger partial charge on any atom is 0.254 e. The Hall–Kier alpha value is -2.51. The first kappa shape index (κ1) is 16.0. The average Bonchev–Trinajstić information content (AvgIpc) is 3.15. The Morgan fingerprint density at radius 1 is 1.24 bits per heavy atom. The molecule has 1 N–H and O–H groups in total. The molecule has 0 saturated carbocycles. The molecule has 0 amide bonds. The van der Waals surface area contributed by atoms with Gasteiger partial charge in [0.25, 0.3) is 5.78 Å². The summed E-state index contributed by atoms with van der Waals surface area (Å²) in [6.07, 6.45) is 3.69. The van der Waals surface area contributed by atoms with Crippen LogP contribution in [0.15, 0.2) is 42.7 Å². The number of hydrogen-bond acceptors (Lipinski definition) is 6. The van der Waals surface area contributed by atoms with Gasteiger partial charge in [-0.15, -0.1) is 0 Å². The first-order valence-corrected chi connectivity index (χ1v) is 8.59. The van der Waals surface area contributed by atoms with Crippen molar-refractivity contribution in [2.24, 2.45) is 0 Å². The third-order valence-corrected chi connectivity index (χ3v) is 4.45. The number of ether oxygens (including phenoxy) is 1. The average molecular weight is 339 g/mol. The first-order valence-electron chi connectivity index (χ1n) is 8.59. The van der Waals surface area contributed by atoms with E-state index in [0.717, 1.165) is 43.0 Å². The van der Waals surface area contributed by atoms with Gasteiger partial charge in [0.1, 0.15) is 12.1 Å². The predicted octanol–water partition coefficient (Wildman–Crippen LogP) is 1.77. The van der Waals surface area contributed by atoms with Gasteiger partial charge in [-0.1, -0.05) is 30.3 Å². The van der Waals surface area contributed by atoms with Gasteiger partial charge in [0.15, 0.2) is 0 Å². The molecule has 1 aliphatic rings. The summed E-state index contributed by atoms with van der Waals surface area (Å²) in [7, 11) is 0. The Labute approximate surface area is 145 Å². The molecule has 25 heavy (non-hydrogen) atoms. The molecule has 2 aromatic heterocycles. The van der Waals surface area contributed by atoms with Crippen LogP contribution in [0.2, 0.25) is 0 Å². The van der Waals surface area contributed by atoms with Crippen LogP contribution in [-0.4, -0.2) is 57.1 Å². The van der Waals surface area contributed by atoms with Crippen molar-refractivity contribution >= 4 is 11.6 Å². The topological polar surface area (TPSA) is 75.8 Å². The van der Waals surface area contributed by atoms with Gasteiger partial charge in [0.05, 0.1) is 25.0 Å². The number of rotatable bonds is 5. The van der Waals surface area contributed by atoms with Crippen molar-refractivity contribution in [2.75, 3.05) is 31.2 Å². The summed E-state index contributed by atoms with van der Waals surface area (Å²) in [6.45, 7) is 2.14. The summed E-state index contributed by atoms with van der Waals surface area (Å²) in [4.78, 5) is 11.2. The monoisotopic (exact) mass is 339 g/mol. The molecule has 0 bridgehead atoms. The van der Waals surface area contributed by atoms with Crippen LogP contribution >= 0.6 is 0 Å². The molecule has 1 aromatic carbocycles. The normalized spacial score (nSPS) is 18.0. The lowest BCUT2D eigenvalue weighted by Crippen LogP contribution is -2.41. The summed E-state index contributed by atoms with van der Waals surface area (Å²) in [6, 6.07) is 12.2. The van der Waals surface area contributed by atoms with Gasteiger partial charge in [-0.05, 0) is 12.8 Å². The Kier molecular flexibility index (Phi) is 4.58. The second kappa shape index (κ2) is 7.16. The third-order valence-electron chi connectivity index (χ3n) is 4.45. The van der Waals surface area contributed by atoms with Crippen molar-refractivity contribution < 1.29 is 9.84 Å². The molecule has 1 fully saturated rings. The van der Waals surface area contributed by atoms with Crippen LogP contribution in [0.1, 0.15) is 12.8 Å². The maximum atomic E-state index is 8.99. The minimum atomic E-state index is 0.0528. The fourth-order valence-corrected chi connectivity index (χ4v) is 3.28. The fourth-order valence-electron chi connectivity index (χ4n) is 3.28. The van der Waals surface area contributed by atoms with E-state index in [2.05, 4.69) is 26.0 Å². The highest BCUT2D eigenvalue weighted by atomic mass is 16.5. The quantitative estimate of drug-likeness (QED) is 0.763. The number of piperidine rings is 1. The molecule has 130 valence electrons. The molecular formula is C18H21N5O2. The Bertz CT molecular complexity index is 836. The number of aliphatic hydroxyl groups is 1. The number of aromatic nitrogens is 4. The van der Waals surface area contributed by atoms with Crippen molar-refractivity contribution in [3.63, 3.8) is 0 Å². The standard InChI is InChI=1S/C18H21N5O2/c24-9-10-25-15-7-4-8-22(12-15)17-11-16(14-5-2-1-3-6-14)21-18-19-13-20-23(17)18/h1-3,5-6,11,13,15,24H,4,7-10,12H2. The highest BCUT2D eigenvalue weighted by Crippen LogP contribution is 2.26. The van der Waals surface area contributed by atoms with E-state index in [1.807, 2.05) is 30.3 Å². The second-order valence-electron chi connectivity index (χ2n) is 6.14. The number of nitrogens with zero attached hydrogens (tertiary/aromatic N) is 5. The maximum absolute atomic E-state index is 8.99. The molecule has 7 heteroatoms. The molecule has 0 aliphatic carbocycles. The summed E-state index contributed by atoms with van der Waals surface area (Å²) in [5.74, 6) is 1.56. The van der Waals surface area contributed by atoms with E-state index in [-0.39, 0.29) is 12.7 Å². The molecule has 7 nitrogen and oxygen atoms in total. The van der Waals surface area contributed by atoms with Crippen molar-refractivity contribution in [1.29, 1.82) is 0 Å². The highest BCUT2D eigenvalue weighted by molar-refractivity contribution is 5.65. The molecule has 0 radical (unpaired) electrons. The van der Waals surface area contributed by atoms with E-state index in [4.69, 9.17) is 9.84 Å². The zero-order chi connectivity index (χ0) is 17.1. The first-order chi connectivity index (χ1) is 12.3. The minimum Gasteiger partial charge on any atom is -0.394 e. The SMILES string of the molecule is OCCOC1CCCN(c2cc(-c3ccccc3)nc3ncnn23)C1. The Morgan fingerprint density at radius 2 is 2.12 bits per heavy atom. The van der Waals surface area contributed by atoms with Crippen LogP contribution in [0.5, 0.6) is 0 Å². The lowest BCUT2D eigenvalue weighted by molar-refractivity contribution is 0.0213. The molecule has 1 atom stereocenters. The van der Waals surface area contributed by atoms with E-state index in [9.17, 15) is 0 Å². The third kappa shape index (κ3) is 3.33. The van der Waals surface area contributed by atoms with Crippen LogP contribution < -0.4 is 4.90 Å². The molecule has 3 aromatic rings. The van der Waals surface area contributed by atoms with Crippen molar-refractivity contribution in [1.82, 2.24) is 19.6 Å². The van der Waals surface area contributed by atoms with E-state index in [1.165, 1.54) is 6.33 Å². The number of anilines is 1. The van der Waals surface area contributed by atoms with Crippen molar-refractivity contribution in [3.05, 3.63) is 42.7 Å². The molecule has 4 rings (SSSR count). The number of fused-ring (bicyclic) bond motifs is 1. The summed E-state index contributed by atoms with van der Waals surface area (Å²) >= 11 is 0. The van der Waals surface area contributed by atoms with Gasteiger partial charge in [0.2, 0.25) is 0 Å². The molecule has 3 heterocycles. The predicted molar refractivity (Wildman–Crippen MR) is 94.5 cm³/mol. The molecule has 1 saturated heterocycles. The molecular weight excluding hydrogens is 318 g/mol. The zero-order valence-corrected chi connectivity index (χ0v) is 14.0. The van der Waals surface area contributed by atoms with Gasteiger partial charge in [0, 0.05) is 24.7 Å². The number of hydrogen-bond donors (Lipinski definition) is 1. The van der Waals surface area contributed by atoms with Gasteiger partial charge in [-0.2, -0.15) is 14.6 Å². The van der Waals surface area contributed by atoms with Crippen LogP contribution in [0.25, 0.3) is 17.0 Å². The summed E-state index contributed by atoms with van der Waals surface area (Å²) in [5.41, 5.74) is 1.94. The Balaban J connectivity index is 1.69. The number of benzene rings is 1. The Morgan fingerprint density at radius 3 is 2.96 bits per heavy atom. The zero-order valence-electron chi connectivity index (χ0n) is 14.0. The van der Waals surface area contributed by atoms with Crippen molar-refractivity contribution in [2.45, 2.75) is 18.9 Å². The van der Waals surface area contributed by atoms with Crippen molar-refractivity contribution in [3.8, 4) is 11.3 Å². The van der Waals surface area contributed by atoms with Gasteiger partial charge >= 0.3 is 0 Å². The summed E-state index contributed by atoms with van der Waals surface area (Å²) < 4.78 is 7.52. The molecule has 0 spiro atoms. The minimum absolute atomic E-state index is 0.0528. The molecule has 1 unspecified atom stereocenters. The van der Waals surface area contributed by atoms with E-state index in [1.54, 1.807) is 4.52 Å². The van der Waals surface area contributed by atoms with E-state index in [0.29, 0.717) is 12.4 Å².